The van der Waals surface area contributed by atoms with E-state index in [4.69, 9.17) is 4.74 Å². The number of hydrogen-bond acceptors (Lipinski definition) is 7. The van der Waals surface area contributed by atoms with Gasteiger partial charge in [-0.25, -0.2) is 4.90 Å². The van der Waals surface area contributed by atoms with Gasteiger partial charge in [0.05, 0.1) is 29.6 Å². The van der Waals surface area contributed by atoms with E-state index in [0.29, 0.717) is 16.9 Å². The number of ether oxygens (including phenoxy) is 1. The minimum absolute atomic E-state index is 0.0244. The number of hydrogen-bond donors (Lipinski definition) is 2. The van der Waals surface area contributed by atoms with Gasteiger partial charge >= 0.3 is 5.97 Å². The highest BCUT2D eigenvalue weighted by Gasteiger charge is 2.69. The van der Waals surface area contributed by atoms with Crippen LogP contribution < -0.4 is 15.0 Å². The molecule has 2 heterocycles. The molecule has 0 spiro atoms. The van der Waals surface area contributed by atoms with Gasteiger partial charge in [0, 0.05) is 30.2 Å². The van der Waals surface area contributed by atoms with E-state index >= 15 is 0 Å². The maximum absolute atomic E-state index is 13.9. The van der Waals surface area contributed by atoms with E-state index < -0.39 is 46.1 Å². The second kappa shape index (κ2) is 9.14. The summed E-state index contributed by atoms with van der Waals surface area (Å²) >= 11 is 0. The number of benzene rings is 3. The normalized spacial score (nSPS) is 24.7. The van der Waals surface area contributed by atoms with Crippen LogP contribution in [0.15, 0.2) is 78.9 Å². The van der Waals surface area contributed by atoms with Crippen LogP contribution in [0, 0.1) is 22.0 Å². The molecule has 4 unspecified atom stereocenters. The minimum Gasteiger partial charge on any atom is -0.496 e. The number of carboxylic acid groups (broad SMARTS) is 1. The number of methoxy groups -OCH3 is 1. The SMILES string of the molecule is COc1ccccc1C1NC(Cc2ccccc2)(C(=O)O)C2C(=O)N(c3cccc([N+](=O)[O-])c3)C(=O)C12. The number of amides is 2. The number of para-hydroxylation sites is 1. The molecular formula is C27H23N3O7. The molecule has 2 fully saturated rings. The quantitative estimate of drug-likeness (QED) is 0.286. The topological polar surface area (TPSA) is 139 Å². The number of non-ortho nitro benzene ring substituents is 1. The molecule has 2 N–H and O–H groups in total. The van der Waals surface area contributed by atoms with E-state index in [0.717, 1.165) is 11.0 Å². The fourth-order valence-corrected chi connectivity index (χ4v) is 5.55. The van der Waals surface area contributed by atoms with Gasteiger partial charge in [-0.3, -0.25) is 29.8 Å². The predicted molar refractivity (Wildman–Crippen MR) is 132 cm³/mol. The third kappa shape index (κ3) is 3.82. The second-order valence-corrected chi connectivity index (χ2v) is 9.10. The molecule has 0 saturated carbocycles. The van der Waals surface area contributed by atoms with Crippen molar-refractivity contribution in [2.24, 2.45) is 11.8 Å². The summed E-state index contributed by atoms with van der Waals surface area (Å²) < 4.78 is 5.50. The monoisotopic (exact) mass is 501 g/mol. The molecule has 188 valence electrons. The van der Waals surface area contributed by atoms with Gasteiger partial charge in [0.25, 0.3) is 5.69 Å². The summed E-state index contributed by atoms with van der Waals surface area (Å²) in [5.41, 5.74) is -0.872. The van der Waals surface area contributed by atoms with Crippen LogP contribution >= 0.6 is 0 Å². The van der Waals surface area contributed by atoms with E-state index in [9.17, 15) is 29.6 Å². The lowest BCUT2D eigenvalue weighted by Crippen LogP contribution is -2.57. The maximum Gasteiger partial charge on any atom is 0.325 e. The zero-order valence-electron chi connectivity index (χ0n) is 19.7. The molecule has 0 aliphatic carbocycles. The molecule has 10 nitrogen and oxygen atoms in total. The summed E-state index contributed by atoms with van der Waals surface area (Å²) in [6.45, 7) is 0. The first-order valence-corrected chi connectivity index (χ1v) is 11.6. The summed E-state index contributed by atoms with van der Waals surface area (Å²) in [5, 5.41) is 25.1. The Morgan fingerprint density at radius 1 is 1.05 bits per heavy atom. The molecule has 2 aliphatic rings. The van der Waals surface area contributed by atoms with Crippen molar-refractivity contribution >= 4 is 29.2 Å². The third-order valence-electron chi connectivity index (χ3n) is 7.13. The van der Waals surface area contributed by atoms with Crippen LogP contribution in [0.4, 0.5) is 11.4 Å². The lowest BCUT2D eigenvalue weighted by Gasteiger charge is -2.31. The number of carboxylic acids is 1. The fourth-order valence-electron chi connectivity index (χ4n) is 5.55. The van der Waals surface area contributed by atoms with Crippen molar-refractivity contribution in [1.82, 2.24) is 5.32 Å². The summed E-state index contributed by atoms with van der Waals surface area (Å²) in [6, 6.07) is 20.1. The molecule has 37 heavy (non-hydrogen) atoms. The Kier molecular flexibility index (Phi) is 5.96. The molecule has 0 radical (unpaired) electrons. The van der Waals surface area contributed by atoms with E-state index in [1.165, 1.54) is 25.3 Å². The summed E-state index contributed by atoms with van der Waals surface area (Å²) in [4.78, 5) is 52.4. The van der Waals surface area contributed by atoms with Crippen LogP contribution in [0.2, 0.25) is 0 Å². The van der Waals surface area contributed by atoms with E-state index in [1.807, 2.05) is 0 Å². The van der Waals surface area contributed by atoms with Crippen molar-refractivity contribution < 1.29 is 29.2 Å². The number of fused-ring (bicyclic) bond motifs is 1. The Bertz CT molecular complexity index is 1410. The Hall–Kier alpha value is -4.57. The Morgan fingerprint density at radius 2 is 1.76 bits per heavy atom. The molecule has 5 rings (SSSR count). The van der Waals surface area contributed by atoms with Crippen LogP contribution in [-0.4, -0.2) is 40.5 Å². The average Bonchev–Trinajstić information content (AvgIpc) is 3.38. The molecule has 3 aromatic rings. The van der Waals surface area contributed by atoms with Crippen LogP contribution in [0.1, 0.15) is 17.2 Å². The largest absolute Gasteiger partial charge is 0.496 e. The van der Waals surface area contributed by atoms with E-state index in [-0.39, 0.29) is 17.8 Å². The van der Waals surface area contributed by atoms with Gasteiger partial charge < -0.3 is 9.84 Å². The van der Waals surface area contributed by atoms with Crippen molar-refractivity contribution in [2.75, 3.05) is 12.0 Å². The van der Waals surface area contributed by atoms with Crippen molar-refractivity contribution in [1.29, 1.82) is 0 Å². The Balaban J connectivity index is 1.68. The number of imide groups is 1. The average molecular weight is 501 g/mol. The first-order chi connectivity index (χ1) is 17.8. The third-order valence-corrected chi connectivity index (χ3v) is 7.13. The van der Waals surface area contributed by atoms with Crippen molar-refractivity contribution in [3.63, 3.8) is 0 Å². The molecule has 2 amide bonds. The number of nitrogens with one attached hydrogen (secondary N) is 1. The number of nitro groups is 1. The van der Waals surface area contributed by atoms with Gasteiger partial charge in [0.1, 0.15) is 11.3 Å². The van der Waals surface area contributed by atoms with Crippen molar-refractivity contribution in [2.45, 2.75) is 18.0 Å². The molecule has 10 heteroatoms. The van der Waals surface area contributed by atoms with Gasteiger partial charge in [-0.05, 0) is 17.7 Å². The summed E-state index contributed by atoms with van der Waals surface area (Å²) in [7, 11) is 1.47. The number of nitro benzene ring substituents is 1. The number of nitrogens with zero attached hydrogens (tertiary/aromatic N) is 2. The van der Waals surface area contributed by atoms with Crippen LogP contribution in [0.25, 0.3) is 0 Å². The standard InChI is InChI=1S/C27H23N3O7/c1-37-20-13-6-5-12-19(20)23-21-22(27(28-23,26(33)34)15-16-8-3-2-4-9-16)25(32)29(24(21)31)17-10-7-11-18(14-17)30(35)36/h2-14,21-23,28H,15H2,1H3,(H,33,34). The van der Waals surface area contributed by atoms with Gasteiger partial charge in [-0.2, -0.15) is 0 Å². The second-order valence-electron chi connectivity index (χ2n) is 9.10. The number of anilines is 1. The molecule has 0 bridgehead atoms. The number of aliphatic carboxylic acids is 1. The maximum atomic E-state index is 13.9. The smallest absolute Gasteiger partial charge is 0.325 e. The first kappa shape index (κ1) is 24.1. The van der Waals surface area contributed by atoms with Crippen LogP contribution in [0.3, 0.4) is 0 Å². The predicted octanol–water partition coefficient (Wildman–Crippen LogP) is 3.12. The summed E-state index contributed by atoms with van der Waals surface area (Å²) in [6.07, 6.45) is -0.0578. The lowest BCUT2D eigenvalue weighted by atomic mass is 9.76. The first-order valence-electron chi connectivity index (χ1n) is 11.6. The summed E-state index contributed by atoms with van der Waals surface area (Å²) in [5.74, 6) is -4.54. The van der Waals surface area contributed by atoms with Gasteiger partial charge in [-0.15, -0.1) is 0 Å². The van der Waals surface area contributed by atoms with Crippen molar-refractivity contribution in [3.05, 3.63) is 100 Å². The zero-order chi connectivity index (χ0) is 26.3. The molecule has 2 aliphatic heterocycles. The lowest BCUT2D eigenvalue weighted by molar-refractivity contribution is -0.384. The highest BCUT2D eigenvalue weighted by atomic mass is 16.6. The van der Waals surface area contributed by atoms with Crippen LogP contribution in [0.5, 0.6) is 5.75 Å². The van der Waals surface area contributed by atoms with E-state index in [1.54, 1.807) is 54.6 Å². The fraction of sp³-hybridized carbons (Fsp3) is 0.222. The molecule has 2 saturated heterocycles. The van der Waals surface area contributed by atoms with Gasteiger partial charge in [-0.1, -0.05) is 54.6 Å². The molecular weight excluding hydrogens is 478 g/mol. The van der Waals surface area contributed by atoms with Crippen molar-refractivity contribution in [3.8, 4) is 5.75 Å². The molecule has 0 aromatic heterocycles. The number of rotatable bonds is 7. The minimum atomic E-state index is -1.82. The number of carbonyl (C=O) groups excluding carboxylic acids is 2. The van der Waals surface area contributed by atoms with E-state index in [2.05, 4.69) is 5.32 Å². The Morgan fingerprint density at radius 3 is 2.43 bits per heavy atom. The van der Waals surface area contributed by atoms with Gasteiger partial charge in [0.2, 0.25) is 11.8 Å². The zero-order valence-corrected chi connectivity index (χ0v) is 19.7. The molecule has 3 aromatic carbocycles. The molecule has 4 atom stereocenters. The van der Waals surface area contributed by atoms with Crippen LogP contribution in [-0.2, 0) is 20.8 Å². The highest BCUT2D eigenvalue weighted by Crippen LogP contribution is 2.52. The van der Waals surface area contributed by atoms with Gasteiger partial charge in [0.15, 0.2) is 0 Å². The highest BCUT2D eigenvalue weighted by molar-refractivity contribution is 6.24. The number of carbonyl (C=O) groups is 3. The Labute approximate surface area is 211 Å².